The zero-order valence-corrected chi connectivity index (χ0v) is 10.4. The molecule has 6 nitrogen and oxygen atoms in total. The molecule has 0 radical (unpaired) electrons. The third-order valence-electron chi connectivity index (χ3n) is 2.42. The zero-order valence-electron chi connectivity index (χ0n) is 9.60. The number of methoxy groups -OCH3 is 2. The summed E-state index contributed by atoms with van der Waals surface area (Å²) in [4.78, 5) is 38.0. The molecule has 0 aliphatic rings. The molecule has 0 fully saturated rings. The summed E-state index contributed by atoms with van der Waals surface area (Å²) >= 11 is 1.29. The summed E-state index contributed by atoms with van der Waals surface area (Å²) in [6, 6.07) is 0. The Morgan fingerprint density at radius 3 is 2.44 bits per heavy atom. The van der Waals surface area contributed by atoms with Gasteiger partial charge in [-0.1, -0.05) is 0 Å². The van der Waals surface area contributed by atoms with Crippen molar-refractivity contribution in [2.24, 2.45) is 0 Å². The quantitative estimate of drug-likeness (QED) is 0.825. The fourth-order valence-corrected chi connectivity index (χ4v) is 2.33. The van der Waals surface area contributed by atoms with Gasteiger partial charge in [0.1, 0.15) is 11.3 Å². The predicted octanol–water partition coefficient (Wildman–Crippen LogP) is 1.16. The van der Waals surface area contributed by atoms with Crippen molar-refractivity contribution in [3.63, 3.8) is 0 Å². The van der Waals surface area contributed by atoms with E-state index in [0.29, 0.717) is 10.9 Å². The van der Waals surface area contributed by atoms with Gasteiger partial charge >= 0.3 is 11.9 Å². The van der Waals surface area contributed by atoms with Gasteiger partial charge < -0.3 is 14.5 Å². The van der Waals surface area contributed by atoms with Crippen molar-refractivity contribution < 1.29 is 19.1 Å². The van der Waals surface area contributed by atoms with Crippen LogP contribution in [0.3, 0.4) is 0 Å². The number of aromatic amines is 1. The molecule has 0 saturated carbocycles. The highest BCUT2D eigenvalue weighted by Gasteiger charge is 2.24. The second-order valence-electron chi connectivity index (χ2n) is 3.39. The zero-order chi connectivity index (χ0) is 13.3. The monoisotopic (exact) mass is 267 g/mol. The van der Waals surface area contributed by atoms with Gasteiger partial charge in [0.2, 0.25) is 5.43 Å². The number of thiophene rings is 1. The Balaban J connectivity index is 2.85. The number of rotatable bonds is 2. The fourth-order valence-electron chi connectivity index (χ4n) is 1.57. The van der Waals surface area contributed by atoms with Crippen molar-refractivity contribution in [3.05, 3.63) is 32.2 Å². The Labute approximate surface area is 105 Å². The molecule has 0 spiro atoms. The third-order valence-corrected chi connectivity index (χ3v) is 3.17. The van der Waals surface area contributed by atoms with E-state index in [1.54, 1.807) is 10.8 Å². The van der Waals surface area contributed by atoms with Gasteiger partial charge in [0.15, 0.2) is 0 Å². The van der Waals surface area contributed by atoms with E-state index in [9.17, 15) is 14.4 Å². The normalized spacial score (nSPS) is 10.3. The standard InChI is InChI=1S/C11H9NO5S/c1-16-10(14)7-8(11(15)17-2)12-6-4-18-3-5(6)9(7)13/h3-4,12H,1-2H3. The smallest absolute Gasteiger partial charge is 0.355 e. The first-order chi connectivity index (χ1) is 8.60. The Kier molecular flexibility index (Phi) is 3.15. The maximum absolute atomic E-state index is 12.1. The van der Waals surface area contributed by atoms with Gasteiger partial charge in [-0.3, -0.25) is 4.79 Å². The molecule has 2 heterocycles. The molecule has 0 amide bonds. The van der Waals surface area contributed by atoms with E-state index in [2.05, 4.69) is 14.5 Å². The Bertz CT molecular complexity index is 684. The predicted molar refractivity (Wildman–Crippen MR) is 65.1 cm³/mol. The number of hydrogen-bond acceptors (Lipinski definition) is 6. The van der Waals surface area contributed by atoms with E-state index >= 15 is 0 Å². The van der Waals surface area contributed by atoms with Crippen LogP contribution < -0.4 is 5.43 Å². The van der Waals surface area contributed by atoms with Crippen molar-refractivity contribution in [2.45, 2.75) is 0 Å². The summed E-state index contributed by atoms with van der Waals surface area (Å²) in [6.45, 7) is 0. The molecule has 94 valence electrons. The molecule has 2 aromatic rings. The molecule has 7 heteroatoms. The van der Waals surface area contributed by atoms with E-state index in [-0.39, 0.29) is 11.3 Å². The molecule has 0 aromatic carbocycles. The highest BCUT2D eigenvalue weighted by Crippen LogP contribution is 2.17. The average Bonchev–Trinajstić information content (AvgIpc) is 2.85. The topological polar surface area (TPSA) is 85.5 Å². The molecule has 0 bridgehead atoms. The lowest BCUT2D eigenvalue weighted by Gasteiger charge is -2.06. The molecular formula is C11H9NO5S. The van der Waals surface area contributed by atoms with Crippen LogP contribution in [0.25, 0.3) is 10.9 Å². The fraction of sp³-hybridized carbons (Fsp3) is 0.182. The van der Waals surface area contributed by atoms with Crippen LogP contribution >= 0.6 is 11.3 Å². The van der Waals surface area contributed by atoms with Crippen molar-refractivity contribution in [3.8, 4) is 0 Å². The summed E-state index contributed by atoms with van der Waals surface area (Å²) in [5, 5.41) is 3.61. The lowest BCUT2D eigenvalue weighted by molar-refractivity contribution is 0.0549. The maximum Gasteiger partial charge on any atom is 0.355 e. The number of hydrogen-bond donors (Lipinski definition) is 1. The van der Waals surface area contributed by atoms with Crippen molar-refractivity contribution in [1.29, 1.82) is 0 Å². The second-order valence-corrected chi connectivity index (χ2v) is 4.13. The van der Waals surface area contributed by atoms with E-state index in [0.717, 1.165) is 7.11 Å². The van der Waals surface area contributed by atoms with Crippen molar-refractivity contribution in [2.75, 3.05) is 14.2 Å². The minimum Gasteiger partial charge on any atom is -0.465 e. The number of nitrogens with one attached hydrogen (secondary N) is 1. The first-order valence-corrected chi connectivity index (χ1v) is 5.83. The van der Waals surface area contributed by atoms with Gasteiger partial charge in [-0.15, -0.1) is 11.3 Å². The molecule has 0 aliphatic carbocycles. The average molecular weight is 267 g/mol. The van der Waals surface area contributed by atoms with E-state index < -0.39 is 17.4 Å². The molecule has 18 heavy (non-hydrogen) atoms. The number of esters is 2. The number of pyridine rings is 1. The molecular weight excluding hydrogens is 258 g/mol. The SMILES string of the molecule is COC(=O)c1[nH]c2cscc2c(=O)c1C(=O)OC. The van der Waals surface area contributed by atoms with Crippen LogP contribution in [0.1, 0.15) is 20.8 Å². The first kappa shape index (κ1) is 12.3. The lowest BCUT2D eigenvalue weighted by atomic mass is 10.1. The molecule has 0 atom stereocenters. The molecule has 0 saturated heterocycles. The number of carbonyl (C=O) groups excluding carboxylic acids is 2. The molecule has 0 unspecified atom stereocenters. The Hall–Kier alpha value is -2.15. The van der Waals surface area contributed by atoms with Crippen molar-refractivity contribution >= 4 is 34.2 Å². The van der Waals surface area contributed by atoms with Gasteiger partial charge in [-0.25, -0.2) is 9.59 Å². The van der Waals surface area contributed by atoms with Gasteiger partial charge in [-0.2, -0.15) is 0 Å². The molecule has 1 N–H and O–H groups in total. The molecule has 2 aromatic heterocycles. The van der Waals surface area contributed by atoms with Gasteiger partial charge in [0.05, 0.1) is 25.1 Å². The molecule has 2 rings (SSSR count). The van der Waals surface area contributed by atoms with Gasteiger partial charge in [0.25, 0.3) is 0 Å². The van der Waals surface area contributed by atoms with Crippen LogP contribution in [-0.2, 0) is 9.47 Å². The number of fused-ring (bicyclic) bond motifs is 1. The third kappa shape index (κ3) is 1.78. The molecule has 0 aliphatic heterocycles. The highest BCUT2D eigenvalue weighted by atomic mass is 32.1. The number of ether oxygens (including phenoxy) is 2. The number of H-pyrrole nitrogens is 1. The van der Waals surface area contributed by atoms with Crippen LogP contribution in [0.4, 0.5) is 0 Å². The largest absolute Gasteiger partial charge is 0.465 e. The number of carbonyl (C=O) groups is 2. The van der Waals surface area contributed by atoms with Gasteiger partial charge in [-0.05, 0) is 0 Å². The first-order valence-electron chi connectivity index (χ1n) is 4.89. The van der Waals surface area contributed by atoms with Gasteiger partial charge in [0, 0.05) is 10.8 Å². The van der Waals surface area contributed by atoms with E-state index in [1.165, 1.54) is 18.4 Å². The second kappa shape index (κ2) is 4.61. The van der Waals surface area contributed by atoms with E-state index in [1.807, 2.05) is 0 Å². The Morgan fingerprint density at radius 2 is 1.83 bits per heavy atom. The minimum absolute atomic E-state index is 0.194. The van der Waals surface area contributed by atoms with Crippen molar-refractivity contribution in [1.82, 2.24) is 4.98 Å². The lowest BCUT2D eigenvalue weighted by Crippen LogP contribution is -2.23. The van der Waals surface area contributed by atoms with Crippen LogP contribution in [0.5, 0.6) is 0 Å². The van der Waals surface area contributed by atoms with E-state index in [4.69, 9.17) is 0 Å². The van der Waals surface area contributed by atoms with Crippen LogP contribution in [0.15, 0.2) is 15.6 Å². The van der Waals surface area contributed by atoms with Crippen LogP contribution in [-0.4, -0.2) is 31.1 Å². The van der Waals surface area contributed by atoms with Crippen LogP contribution in [0, 0.1) is 0 Å². The summed E-state index contributed by atoms with van der Waals surface area (Å²) in [5.74, 6) is -1.66. The maximum atomic E-state index is 12.1. The summed E-state index contributed by atoms with van der Waals surface area (Å²) in [6.07, 6.45) is 0. The highest BCUT2D eigenvalue weighted by molar-refractivity contribution is 7.09. The summed E-state index contributed by atoms with van der Waals surface area (Å²) < 4.78 is 9.05. The summed E-state index contributed by atoms with van der Waals surface area (Å²) in [7, 11) is 2.31. The summed E-state index contributed by atoms with van der Waals surface area (Å²) in [5.41, 5.74) is -0.592. The Morgan fingerprint density at radius 1 is 1.17 bits per heavy atom. The van der Waals surface area contributed by atoms with Crippen LogP contribution in [0.2, 0.25) is 0 Å². The minimum atomic E-state index is -0.871. The number of aromatic nitrogens is 1.